The van der Waals surface area contributed by atoms with Gasteiger partial charge in [-0.1, -0.05) is 6.08 Å². The first-order valence-corrected chi connectivity index (χ1v) is 7.58. The number of carbonyl (C=O) groups is 1. The molecule has 0 aliphatic heterocycles. The highest BCUT2D eigenvalue weighted by Gasteiger charge is 2.19. The predicted molar refractivity (Wildman–Crippen MR) is 88.8 cm³/mol. The highest BCUT2D eigenvalue weighted by atomic mass is 16.6. The summed E-state index contributed by atoms with van der Waals surface area (Å²) in [6.45, 7) is 12.0. The van der Waals surface area contributed by atoms with Gasteiger partial charge in [0.1, 0.15) is 11.4 Å². The summed E-state index contributed by atoms with van der Waals surface area (Å²) in [6.07, 6.45) is 5.19. The van der Waals surface area contributed by atoms with E-state index in [2.05, 4.69) is 29.2 Å². The number of hydrogen-bond donors (Lipinski definition) is 2. The molecule has 1 rings (SSSR count). The van der Waals surface area contributed by atoms with Crippen LogP contribution in [-0.4, -0.2) is 27.5 Å². The zero-order valence-electron chi connectivity index (χ0n) is 14.3. The Labute approximate surface area is 132 Å². The molecule has 0 aliphatic carbocycles. The van der Waals surface area contributed by atoms with E-state index >= 15 is 0 Å². The van der Waals surface area contributed by atoms with E-state index in [1.54, 1.807) is 17.9 Å². The largest absolute Gasteiger partial charge is 0.444 e. The lowest BCUT2D eigenvalue weighted by atomic mass is 10.2. The van der Waals surface area contributed by atoms with E-state index in [1.807, 2.05) is 26.8 Å². The first-order valence-electron chi connectivity index (χ1n) is 7.58. The number of aryl methyl sites for hydroxylation is 1. The molecular formula is C16H28N4O2. The lowest BCUT2D eigenvalue weighted by Gasteiger charge is -2.20. The van der Waals surface area contributed by atoms with Crippen molar-refractivity contribution in [3.05, 3.63) is 24.4 Å². The molecule has 0 saturated heterocycles. The van der Waals surface area contributed by atoms with Crippen molar-refractivity contribution < 1.29 is 9.53 Å². The number of amides is 1. The van der Waals surface area contributed by atoms with Crippen LogP contribution in [0.2, 0.25) is 0 Å². The first-order chi connectivity index (χ1) is 10.2. The standard InChI is InChI=1S/C16H28N4O2/c1-7-8-9-12(2)17-10-13-11-18-20(6)14(13)19-15(21)22-16(3,4)5/h7,11-12,17H,1,8-10H2,2-6H3,(H,19,21). The summed E-state index contributed by atoms with van der Waals surface area (Å²) in [5.74, 6) is 0.651. The number of nitrogens with zero attached hydrogens (tertiary/aromatic N) is 2. The summed E-state index contributed by atoms with van der Waals surface area (Å²) < 4.78 is 6.91. The molecule has 0 spiro atoms. The predicted octanol–water partition coefficient (Wildman–Crippen LogP) is 3.21. The molecule has 1 unspecified atom stereocenters. The Morgan fingerprint density at radius 3 is 2.82 bits per heavy atom. The van der Waals surface area contributed by atoms with E-state index in [-0.39, 0.29) is 0 Å². The van der Waals surface area contributed by atoms with Crippen LogP contribution in [0.1, 0.15) is 46.1 Å². The van der Waals surface area contributed by atoms with Crippen molar-refractivity contribution in [2.75, 3.05) is 5.32 Å². The van der Waals surface area contributed by atoms with Gasteiger partial charge in [-0.15, -0.1) is 6.58 Å². The lowest BCUT2D eigenvalue weighted by Crippen LogP contribution is -2.29. The number of rotatable bonds is 7. The van der Waals surface area contributed by atoms with Gasteiger partial charge in [0.15, 0.2) is 0 Å². The summed E-state index contributed by atoms with van der Waals surface area (Å²) in [5, 5.41) is 10.4. The number of ether oxygens (including phenoxy) is 1. The van der Waals surface area contributed by atoms with E-state index in [0.717, 1.165) is 18.4 Å². The minimum atomic E-state index is -0.527. The number of anilines is 1. The number of carbonyl (C=O) groups excluding carboxylic acids is 1. The van der Waals surface area contributed by atoms with Crippen LogP contribution in [-0.2, 0) is 18.3 Å². The van der Waals surface area contributed by atoms with Crippen LogP contribution in [0.25, 0.3) is 0 Å². The third kappa shape index (κ3) is 6.30. The van der Waals surface area contributed by atoms with Crippen molar-refractivity contribution in [3.8, 4) is 0 Å². The fraction of sp³-hybridized carbons (Fsp3) is 0.625. The summed E-state index contributed by atoms with van der Waals surface area (Å²) in [5.41, 5.74) is 0.402. The van der Waals surface area contributed by atoms with Gasteiger partial charge in [-0.25, -0.2) is 4.79 Å². The topological polar surface area (TPSA) is 68.2 Å². The van der Waals surface area contributed by atoms with Crippen LogP contribution >= 0.6 is 0 Å². The molecule has 0 fully saturated rings. The average molecular weight is 308 g/mol. The van der Waals surface area contributed by atoms with Crippen molar-refractivity contribution in [1.82, 2.24) is 15.1 Å². The minimum absolute atomic E-state index is 0.368. The zero-order valence-corrected chi connectivity index (χ0v) is 14.3. The maximum absolute atomic E-state index is 11.9. The molecule has 1 amide bonds. The van der Waals surface area contributed by atoms with Gasteiger partial charge < -0.3 is 10.1 Å². The van der Waals surface area contributed by atoms with Crippen LogP contribution in [0.4, 0.5) is 10.6 Å². The Morgan fingerprint density at radius 2 is 2.23 bits per heavy atom. The molecule has 1 aromatic heterocycles. The van der Waals surface area contributed by atoms with Gasteiger partial charge in [0.2, 0.25) is 0 Å². The van der Waals surface area contributed by atoms with Crippen molar-refractivity contribution in [1.29, 1.82) is 0 Å². The van der Waals surface area contributed by atoms with Gasteiger partial charge in [0.25, 0.3) is 0 Å². The van der Waals surface area contributed by atoms with Gasteiger partial charge in [-0.05, 0) is 40.5 Å². The second kappa shape index (κ2) is 7.98. The number of nitrogens with one attached hydrogen (secondary N) is 2. The molecular weight excluding hydrogens is 280 g/mol. The molecule has 124 valence electrons. The summed E-state index contributed by atoms with van der Waals surface area (Å²) in [6, 6.07) is 0.368. The molecule has 0 radical (unpaired) electrons. The zero-order chi connectivity index (χ0) is 16.8. The Morgan fingerprint density at radius 1 is 1.55 bits per heavy atom. The second-order valence-corrected chi connectivity index (χ2v) is 6.42. The van der Waals surface area contributed by atoms with Crippen molar-refractivity contribution in [3.63, 3.8) is 0 Å². The Bertz CT molecular complexity index is 503. The smallest absolute Gasteiger partial charge is 0.413 e. The van der Waals surface area contributed by atoms with Crippen molar-refractivity contribution in [2.24, 2.45) is 7.05 Å². The SMILES string of the molecule is C=CCCC(C)NCc1cnn(C)c1NC(=O)OC(C)(C)C. The Hall–Kier alpha value is -1.82. The Balaban J connectivity index is 2.63. The maximum atomic E-state index is 11.9. The summed E-state index contributed by atoms with van der Waals surface area (Å²) >= 11 is 0. The lowest BCUT2D eigenvalue weighted by molar-refractivity contribution is 0.0634. The minimum Gasteiger partial charge on any atom is -0.444 e. The van der Waals surface area contributed by atoms with Crippen LogP contribution in [0, 0.1) is 0 Å². The van der Waals surface area contributed by atoms with Crippen LogP contribution < -0.4 is 10.6 Å². The van der Waals surface area contributed by atoms with E-state index < -0.39 is 11.7 Å². The van der Waals surface area contributed by atoms with Gasteiger partial charge in [-0.2, -0.15) is 5.10 Å². The fourth-order valence-electron chi connectivity index (χ4n) is 1.93. The van der Waals surface area contributed by atoms with Crippen molar-refractivity contribution >= 4 is 11.9 Å². The number of hydrogen-bond acceptors (Lipinski definition) is 4. The van der Waals surface area contributed by atoms with E-state index in [1.165, 1.54) is 0 Å². The second-order valence-electron chi connectivity index (χ2n) is 6.42. The van der Waals surface area contributed by atoms with E-state index in [4.69, 9.17) is 4.74 Å². The van der Waals surface area contributed by atoms with Crippen LogP contribution in [0.5, 0.6) is 0 Å². The molecule has 6 heteroatoms. The molecule has 1 atom stereocenters. The highest BCUT2D eigenvalue weighted by Crippen LogP contribution is 2.16. The first kappa shape index (κ1) is 18.2. The number of aromatic nitrogens is 2. The molecule has 0 saturated carbocycles. The molecule has 0 aliphatic rings. The highest BCUT2D eigenvalue weighted by molar-refractivity contribution is 5.84. The summed E-state index contributed by atoms with van der Waals surface area (Å²) in [7, 11) is 1.79. The van der Waals surface area contributed by atoms with Crippen LogP contribution in [0.3, 0.4) is 0 Å². The molecule has 6 nitrogen and oxygen atoms in total. The molecule has 1 heterocycles. The summed E-state index contributed by atoms with van der Waals surface area (Å²) in [4.78, 5) is 11.9. The monoisotopic (exact) mass is 308 g/mol. The Kier molecular flexibility index (Phi) is 6.61. The van der Waals surface area contributed by atoms with Gasteiger partial charge in [0.05, 0.1) is 6.20 Å². The third-order valence-electron chi connectivity index (χ3n) is 3.08. The normalized spacial score (nSPS) is 12.8. The third-order valence-corrected chi connectivity index (χ3v) is 3.08. The molecule has 0 aromatic carbocycles. The molecule has 1 aromatic rings. The molecule has 0 bridgehead atoms. The maximum Gasteiger partial charge on any atom is 0.413 e. The van der Waals surface area contributed by atoms with Gasteiger partial charge in [0, 0.05) is 25.2 Å². The number of allylic oxidation sites excluding steroid dienone is 1. The van der Waals surface area contributed by atoms with Crippen LogP contribution in [0.15, 0.2) is 18.9 Å². The average Bonchev–Trinajstić information content (AvgIpc) is 2.73. The molecule has 22 heavy (non-hydrogen) atoms. The van der Waals surface area contributed by atoms with E-state index in [9.17, 15) is 4.79 Å². The van der Waals surface area contributed by atoms with Gasteiger partial charge in [-0.3, -0.25) is 10.00 Å². The van der Waals surface area contributed by atoms with E-state index in [0.29, 0.717) is 18.4 Å². The van der Waals surface area contributed by atoms with Gasteiger partial charge >= 0.3 is 6.09 Å². The molecule has 2 N–H and O–H groups in total. The quantitative estimate of drug-likeness (QED) is 0.759. The van der Waals surface area contributed by atoms with Crippen molar-refractivity contribution in [2.45, 2.75) is 58.7 Å². The fourth-order valence-corrected chi connectivity index (χ4v) is 1.93.